The number of nitrogen functional groups attached to an aromatic ring is 1. The van der Waals surface area contributed by atoms with Crippen LogP contribution in [0.4, 0.5) is 5.69 Å². The van der Waals surface area contributed by atoms with Crippen LogP contribution in [-0.4, -0.2) is 18.9 Å². The van der Waals surface area contributed by atoms with Crippen molar-refractivity contribution in [1.82, 2.24) is 0 Å². The Labute approximate surface area is 84.0 Å². The normalized spacial score (nSPS) is 15.2. The van der Waals surface area contributed by atoms with Crippen molar-refractivity contribution in [1.29, 1.82) is 5.41 Å². The van der Waals surface area contributed by atoms with Crippen molar-refractivity contribution in [3.63, 3.8) is 0 Å². The molecule has 1 aromatic rings. The third-order valence-corrected chi connectivity index (χ3v) is 2.67. The predicted molar refractivity (Wildman–Crippen MR) is 58.9 cm³/mol. The highest BCUT2D eigenvalue weighted by molar-refractivity contribution is 6.00. The van der Waals surface area contributed by atoms with Gasteiger partial charge in [-0.15, -0.1) is 0 Å². The predicted octanol–water partition coefficient (Wildman–Crippen LogP) is 1.57. The maximum absolute atomic E-state index is 7.48. The van der Waals surface area contributed by atoms with E-state index in [9.17, 15) is 0 Å². The second-order valence-electron chi connectivity index (χ2n) is 3.77. The van der Waals surface area contributed by atoms with Gasteiger partial charge in [-0.25, -0.2) is 0 Å². The van der Waals surface area contributed by atoms with Gasteiger partial charge in [-0.3, -0.25) is 5.41 Å². The lowest BCUT2D eigenvalue weighted by Crippen LogP contribution is -2.23. The summed E-state index contributed by atoms with van der Waals surface area (Å²) in [4.78, 5) is 2.22. The van der Waals surface area contributed by atoms with E-state index in [-0.39, 0.29) is 5.84 Å². The summed E-state index contributed by atoms with van der Waals surface area (Å²) in [6.45, 7) is 0. The zero-order valence-corrected chi connectivity index (χ0v) is 8.33. The van der Waals surface area contributed by atoms with E-state index in [2.05, 4.69) is 11.9 Å². The van der Waals surface area contributed by atoms with Crippen molar-refractivity contribution < 1.29 is 0 Å². The van der Waals surface area contributed by atoms with Crippen LogP contribution in [0.15, 0.2) is 24.3 Å². The molecule has 0 saturated heterocycles. The maximum atomic E-state index is 7.48. The van der Waals surface area contributed by atoms with Crippen LogP contribution < -0.4 is 10.6 Å². The molecule has 0 aliphatic heterocycles. The summed E-state index contributed by atoms with van der Waals surface area (Å²) in [5.74, 6) is 0.146. The molecule has 3 N–H and O–H groups in total. The third-order valence-electron chi connectivity index (χ3n) is 2.67. The van der Waals surface area contributed by atoms with Crippen molar-refractivity contribution in [3.05, 3.63) is 29.8 Å². The first-order valence-corrected chi connectivity index (χ1v) is 4.86. The minimum atomic E-state index is 0.146. The lowest BCUT2D eigenvalue weighted by molar-refractivity contribution is 0.915. The Balaban J connectivity index is 2.34. The molecule has 14 heavy (non-hydrogen) atoms. The van der Waals surface area contributed by atoms with Crippen LogP contribution in [0, 0.1) is 5.41 Å². The second-order valence-corrected chi connectivity index (χ2v) is 3.77. The van der Waals surface area contributed by atoms with E-state index in [1.807, 2.05) is 24.3 Å². The number of nitrogens with zero attached hydrogens (tertiary/aromatic N) is 1. The van der Waals surface area contributed by atoms with E-state index in [0.717, 1.165) is 11.3 Å². The molecule has 1 fully saturated rings. The molecule has 0 aromatic heterocycles. The van der Waals surface area contributed by atoms with Crippen LogP contribution in [0.25, 0.3) is 0 Å². The molecular formula is C11H15N3. The summed E-state index contributed by atoms with van der Waals surface area (Å²) in [5.41, 5.74) is 7.44. The molecular weight excluding hydrogens is 174 g/mol. The van der Waals surface area contributed by atoms with Crippen LogP contribution >= 0.6 is 0 Å². The first-order chi connectivity index (χ1) is 6.70. The number of nitrogens with one attached hydrogen (secondary N) is 1. The van der Waals surface area contributed by atoms with Gasteiger partial charge in [0.15, 0.2) is 0 Å². The highest BCUT2D eigenvalue weighted by atomic mass is 15.2. The van der Waals surface area contributed by atoms with Crippen molar-refractivity contribution >= 4 is 11.5 Å². The number of hydrogen-bond acceptors (Lipinski definition) is 2. The molecule has 0 amide bonds. The van der Waals surface area contributed by atoms with Gasteiger partial charge in [0.1, 0.15) is 5.84 Å². The molecule has 74 valence electrons. The van der Waals surface area contributed by atoms with Crippen molar-refractivity contribution in [2.45, 2.75) is 18.9 Å². The van der Waals surface area contributed by atoms with Gasteiger partial charge in [-0.2, -0.15) is 0 Å². The number of benzene rings is 1. The van der Waals surface area contributed by atoms with Crippen LogP contribution in [-0.2, 0) is 0 Å². The summed E-state index contributed by atoms with van der Waals surface area (Å²) in [6.07, 6.45) is 2.51. The van der Waals surface area contributed by atoms with Gasteiger partial charge < -0.3 is 10.6 Å². The van der Waals surface area contributed by atoms with E-state index in [0.29, 0.717) is 6.04 Å². The summed E-state index contributed by atoms with van der Waals surface area (Å²) < 4.78 is 0. The Morgan fingerprint density at radius 3 is 2.64 bits per heavy atom. The summed E-state index contributed by atoms with van der Waals surface area (Å²) >= 11 is 0. The monoisotopic (exact) mass is 189 g/mol. The first kappa shape index (κ1) is 9.06. The largest absolute Gasteiger partial charge is 0.384 e. The van der Waals surface area contributed by atoms with Crippen molar-refractivity contribution in [3.8, 4) is 0 Å². The summed E-state index contributed by atoms with van der Waals surface area (Å²) in [5, 5.41) is 7.48. The quantitative estimate of drug-likeness (QED) is 0.560. The Kier molecular flexibility index (Phi) is 2.15. The molecule has 0 atom stereocenters. The van der Waals surface area contributed by atoms with Gasteiger partial charge in [0.25, 0.3) is 0 Å². The molecule has 1 aliphatic carbocycles. The fraction of sp³-hybridized carbons (Fsp3) is 0.364. The minimum Gasteiger partial charge on any atom is -0.384 e. The van der Waals surface area contributed by atoms with Gasteiger partial charge >= 0.3 is 0 Å². The molecule has 3 heteroatoms. The van der Waals surface area contributed by atoms with Crippen molar-refractivity contribution in [2.75, 3.05) is 11.9 Å². The Bertz CT molecular complexity index is 355. The van der Waals surface area contributed by atoms with E-state index < -0.39 is 0 Å². The van der Waals surface area contributed by atoms with Gasteiger partial charge in [0, 0.05) is 24.3 Å². The van der Waals surface area contributed by atoms with Gasteiger partial charge in [0.05, 0.1) is 0 Å². The zero-order chi connectivity index (χ0) is 10.1. The van der Waals surface area contributed by atoms with Gasteiger partial charge in [-0.1, -0.05) is 12.1 Å². The van der Waals surface area contributed by atoms with E-state index in [1.165, 1.54) is 12.8 Å². The van der Waals surface area contributed by atoms with Gasteiger partial charge in [-0.05, 0) is 25.0 Å². The highest BCUT2D eigenvalue weighted by Crippen LogP contribution is 2.31. The number of rotatable bonds is 3. The molecule has 2 rings (SSSR count). The lowest BCUT2D eigenvalue weighted by atomic mass is 10.1. The molecule has 0 spiro atoms. The van der Waals surface area contributed by atoms with Crippen LogP contribution in [0.3, 0.4) is 0 Å². The summed E-state index contributed by atoms with van der Waals surface area (Å²) in [6, 6.07) is 8.48. The van der Waals surface area contributed by atoms with Crippen LogP contribution in [0.5, 0.6) is 0 Å². The molecule has 3 nitrogen and oxygen atoms in total. The molecule has 1 aliphatic rings. The first-order valence-electron chi connectivity index (χ1n) is 4.86. The fourth-order valence-electron chi connectivity index (χ4n) is 1.67. The zero-order valence-electron chi connectivity index (χ0n) is 8.33. The number of amidine groups is 1. The topological polar surface area (TPSA) is 53.1 Å². The lowest BCUT2D eigenvalue weighted by Gasteiger charge is -2.21. The number of para-hydroxylation sites is 1. The number of anilines is 1. The average Bonchev–Trinajstić information content (AvgIpc) is 3.00. The average molecular weight is 189 g/mol. The van der Waals surface area contributed by atoms with Crippen LogP contribution in [0.1, 0.15) is 18.4 Å². The SMILES string of the molecule is CN(c1ccccc1C(=N)N)C1CC1. The van der Waals surface area contributed by atoms with Gasteiger partial charge in [0.2, 0.25) is 0 Å². The van der Waals surface area contributed by atoms with E-state index in [1.54, 1.807) is 0 Å². The standard InChI is InChI=1S/C11H15N3/c1-14(8-6-7-8)10-5-3-2-4-9(10)11(12)13/h2-5,8H,6-7H2,1H3,(H3,12,13). The third kappa shape index (κ3) is 1.58. The molecule has 0 bridgehead atoms. The molecule has 0 unspecified atom stereocenters. The van der Waals surface area contributed by atoms with Crippen LogP contribution in [0.2, 0.25) is 0 Å². The Morgan fingerprint density at radius 1 is 1.43 bits per heavy atom. The number of hydrogen-bond donors (Lipinski definition) is 2. The Hall–Kier alpha value is -1.51. The molecule has 0 heterocycles. The maximum Gasteiger partial charge on any atom is 0.124 e. The molecule has 1 saturated carbocycles. The van der Waals surface area contributed by atoms with Crippen molar-refractivity contribution in [2.24, 2.45) is 5.73 Å². The smallest absolute Gasteiger partial charge is 0.124 e. The Morgan fingerprint density at radius 2 is 2.07 bits per heavy atom. The summed E-state index contributed by atoms with van der Waals surface area (Å²) in [7, 11) is 2.07. The number of nitrogens with two attached hydrogens (primary N) is 1. The second kappa shape index (κ2) is 3.33. The minimum absolute atomic E-state index is 0.146. The highest BCUT2D eigenvalue weighted by Gasteiger charge is 2.27. The fourth-order valence-corrected chi connectivity index (χ4v) is 1.67. The van der Waals surface area contributed by atoms with E-state index in [4.69, 9.17) is 11.1 Å². The molecule has 0 radical (unpaired) electrons. The molecule has 1 aromatic carbocycles. The van der Waals surface area contributed by atoms with E-state index >= 15 is 0 Å².